The number of allylic oxidation sites excluding steroid dienone is 2. The summed E-state index contributed by atoms with van der Waals surface area (Å²) < 4.78 is 0. The highest BCUT2D eigenvalue weighted by Crippen LogP contribution is 1.97. The normalized spacial score (nSPS) is 11.0. The summed E-state index contributed by atoms with van der Waals surface area (Å²) in [5.74, 6) is 0.506. The summed E-state index contributed by atoms with van der Waals surface area (Å²) in [6.45, 7) is 5.52. The predicted molar refractivity (Wildman–Crippen MR) is 48.9 cm³/mol. The molecule has 2 heteroatoms. The highest BCUT2D eigenvalue weighted by molar-refractivity contribution is 5.92. The van der Waals surface area contributed by atoms with E-state index in [-0.39, 0.29) is 11.6 Å². The molecule has 0 aromatic heterocycles. The third-order valence-electron chi connectivity index (χ3n) is 1.39. The first kappa shape index (κ1) is 11.1. The second-order valence-corrected chi connectivity index (χ2v) is 3.27. The third kappa shape index (κ3) is 7.19. The molecule has 68 valence electrons. The topological polar surface area (TPSA) is 34.1 Å². The van der Waals surface area contributed by atoms with Gasteiger partial charge in [-0.1, -0.05) is 19.9 Å². The van der Waals surface area contributed by atoms with Crippen molar-refractivity contribution in [3.05, 3.63) is 12.2 Å². The van der Waals surface area contributed by atoms with Crippen molar-refractivity contribution < 1.29 is 9.59 Å². The van der Waals surface area contributed by atoms with E-state index < -0.39 is 0 Å². The first-order valence-corrected chi connectivity index (χ1v) is 4.23. The van der Waals surface area contributed by atoms with Gasteiger partial charge in [0.05, 0.1) is 0 Å². The molecule has 0 radical (unpaired) electrons. The van der Waals surface area contributed by atoms with Gasteiger partial charge in [0.2, 0.25) is 0 Å². The zero-order valence-corrected chi connectivity index (χ0v) is 7.96. The molecule has 0 aliphatic heterocycles. The van der Waals surface area contributed by atoms with Crippen molar-refractivity contribution in [2.24, 2.45) is 5.92 Å². The standard InChI is InChI=1S/C10H16O2/c1-8(2)4-6-10(12)7-5-9(3)11/h4,6,8H,5,7H2,1-3H3/b6-4+. The zero-order valence-electron chi connectivity index (χ0n) is 7.96. The fourth-order valence-corrected chi connectivity index (χ4v) is 0.682. The Balaban J connectivity index is 3.67. The Morgan fingerprint density at radius 2 is 1.83 bits per heavy atom. The first-order valence-electron chi connectivity index (χ1n) is 4.23. The summed E-state index contributed by atoms with van der Waals surface area (Å²) in [5, 5.41) is 0. The maximum atomic E-state index is 11.0. The summed E-state index contributed by atoms with van der Waals surface area (Å²) >= 11 is 0. The molecule has 0 fully saturated rings. The van der Waals surface area contributed by atoms with Gasteiger partial charge in [-0.3, -0.25) is 4.79 Å². The van der Waals surface area contributed by atoms with Crippen LogP contribution in [-0.2, 0) is 9.59 Å². The van der Waals surface area contributed by atoms with E-state index in [1.165, 1.54) is 6.92 Å². The Morgan fingerprint density at radius 1 is 1.25 bits per heavy atom. The van der Waals surface area contributed by atoms with Gasteiger partial charge in [-0.15, -0.1) is 0 Å². The molecule has 2 nitrogen and oxygen atoms in total. The van der Waals surface area contributed by atoms with Crippen LogP contribution in [0, 0.1) is 5.92 Å². The molecule has 0 unspecified atom stereocenters. The number of carbonyl (C=O) groups excluding carboxylic acids is 2. The minimum absolute atomic E-state index is 0.0406. The van der Waals surface area contributed by atoms with Crippen LogP contribution in [0.15, 0.2) is 12.2 Å². The molecule has 12 heavy (non-hydrogen) atoms. The van der Waals surface area contributed by atoms with Crippen LogP contribution in [0.2, 0.25) is 0 Å². The third-order valence-corrected chi connectivity index (χ3v) is 1.39. The van der Waals surface area contributed by atoms with Crippen molar-refractivity contribution in [3.63, 3.8) is 0 Å². The van der Waals surface area contributed by atoms with Crippen LogP contribution >= 0.6 is 0 Å². The van der Waals surface area contributed by atoms with E-state index in [1.54, 1.807) is 6.08 Å². The minimum atomic E-state index is 0.0406. The van der Waals surface area contributed by atoms with Crippen molar-refractivity contribution in [2.45, 2.75) is 33.6 Å². The quantitative estimate of drug-likeness (QED) is 0.589. The van der Waals surface area contributed by atoms with E-state index in [1.807, 2.05) is 19.9 Å². The number of carbonyl (C=O) groups is 2. The number of hydrogen-bond donors (Lipinski definition) is 0. The maximum absolute atomic E-state index is 11.0. The molecule has 0 saturated carbocycles. The second kappa shape index (κ2) is 5.70. The molecular formula is C10H16O2. The van der Waals surface area contributed by atoms with Gasteiger partial charge in [-0.05, 0) is 18.9 Å². The van der Waals surface area contributed by atoms with E-state index in [9.17, 15) is 9.59 Å². The summed E-state index contributed by atoms with van der Waals surface area (Å²) in [6, 6.07) is 0. The molecule has 0 saturated heterocycles. The number of rotatable bonds is 5. The fourth-order valence-electron chi connectivity index (χ4n) is 0.682. The van der Waals surface area contributed by atoms with Crippen LogP contribution in [0.5, 0.6) is 0 Å². The van der Waals surface area contributed by atoms with Gasteiger partial charge in [0, 0.05) is 12.8 Å². The molecule has 0 aliphatic rings. The van der Waals surface area contributed by atoms with Crippen molar-refractivity contribution in [3.8, 4) is 0 Å². The molecule has 0 amide bonds. The monoisotopic (exact) mass is 168 g/mol. The minimum Gasteiger partial charge on any atom is -0.300 e. The van der Waals surface area contributed by atoms with E-state index in [0.717, 1.165) is 0 Å². The number of ketones is 2. The van der Waals surface area contributed by atoms with E-state index in [0.29, 0.717) is 18.8 Å². The molecule has 0 bridgehead atoms. The number of Topliss-reactive ketones (excluding diaryl/α,β-unsaturated/α-hetero) is 1. The summed E-state index contributed by atoms with van der Waals surface area (Å²) in [6.07, 6.45) is 4.12. The Hall–Kier alpha value is -0.920. The lowest BCUT2D eigenvalue weighted by molar-refractivity contribution is -0.120. The molecule has 0 aromatic carbocycles. The Morgan fingerprint density at radius 3 is 2.25 bits per heavy atom. The van der Waals surface area contributed by atoms with E-state index in [2.05, 4.69) is 0 Å². The predicted octanol–water partition coefficient (Wildman–Crippen LogP) is 2.14. The van der Waals surface area contributed by atoms with Crippen LogP contribution in [0.4, 0.5) is 0 Å². The van der Waals surface area contributed by atoms with Gasteiger partial charge in [-0.25, -0.2) is 0 Å². The summed E-state index contributed by atoms with van der Waals surface area (Å²) in [7, 11) is 0. The van der Waals surface area contributed by atoms with Gasteiger partial charge in [0.1, 0.15) is 5.78 Å². The molecular weight excluding hydrogens is 152 g/mol. The van der Waals surface area contributed by atoms with Crippen LogP contribution < -0.4 is 0 Å². The lowest BCUT2D eigenvalue weighted by Gasteiger charge is -1.93. The molecule has 0 atom stereocenters. The van der Waals surface area contributed by atoms with Crippen molar-refractivity contribution in [1.82, 2.24) is 0 Å². The molecule has 0 aliphatic carbocycles. The smallest absolute Gasteiger partial charge is 0.155 e. The molecule has 0 rings (SSSR count). The molecule has 0 N–H and O–H groups in total. The van der Waals surface area contributed by atoms with Gasteiger partial charge in [-0.2, -0.15) is 0 Å². The highest BCUT2D eigenvalue weighted by atomic mass is 16.1. The summed E-state index contributed by atoms with van der Waals surface area (Å²) in [4.78, 5) is 21.5. The van der Waals surface area contributed by atoms with Crippen molar-refractivity contribution >= 4 is 11.6 Å². The SMILES string of the molecule is CC(=O)CCC(=O)/C=C/C(C)C. The molecule has 0 aromatic rings. The average Bonchev–Trinajstić information content (AvgIpc) is 1.96. The lowest BCUT2D eigenvalue weighted by Crippen LogP contribution is -1.98. The van der Waals surface area contributed by atoms with E-state index in [4.69, 9.17) is 0 Å². The van der Waals surface area contributed by atoms with Crippen LogP contribution in [0.3, 0.4) is 0 Å². The fraction of sp³-hybridized carbons (Fsp3) is 0.600. The zero-order chi connectivity index (χ0) is 9.56. The van der Waals surface area contributed by atoms with E-state index >= 15 is 0 Å². The van der Waals surface area contributed by atoms with Crippen LogP contribution in [0.25, 0.3) is 0 Å². The van der Waals surface area contributed by atoms with Crippen molar-refractivity contribution in [2.75, 3.05) is 0 Å². The van der Waals surface area contributed by atoms with Crippen LogP contribution in [0.1, 0.15) is 33.6 Å². The number of hydrogen-bond acceptors (Lipinski definition) is 2. The highest BCUT2D eigenvalue weighted by Gasteiger charge is 1.99. The first-order chi connectivity index (χ1) is 5.52. The Kier molecular flexibility index (Phi) is 5.26. The van der Waals surface area contributed by atoms with Crippen LogP contribution in [-0.4, -0.2) is 11.6 Å². The summed E-state index contributed by atoms with van der Waals surface area (Å²) in [5.41, 5.74) is 0. The lowest BCUT2D eigenvalue weighted by atomic mass is 10.1. The maximum Gasteiger partial charge on any atom is 0.155 e. The second-order valence-electron chi connectivity index (χ2n) is 3.27. The Bertz CT molecular complexity index is 190. The Labute approximate surface area is 73.7 Å². The average molecular weight is 168 g/mol. The van der Waals surface area contributed by atoms with Gasteiger partial charge in [0.25, 0.3) is 0 Å². The van der Waals surface area contributed by atoms with Gasteiger partial charge < -0.3 is 4.79 Å². The molecule has 0 spiro atoms. The van der Waals surface area contributed by atoms with Crippen molar-refractivity contribution in [1.29, 1.82) is 0 Å². The van der Waals surface area contributed by atoms with Gasteiger partial charge >= 0.3 is 0 Å². The molecule has 0 heterocycles. The van der Waals surface area contributed by atoms with Gasteiger partial charge in [0.15, 0.2) is 5.78 Å². The largest absolute Gasteiger partial charge is 0.300 e.